The van der Waals surface area contributed by atoms with Crippen molar-refractivity contribution >= 4 is 18.6 Å². The molecule has 76 valence electrons. The van der Waals surface area contributed by atoms with Gasteiger partial charge in [-0.05, 0) is 12.1 Å². The fraction of sp³-hybridized carbons (Fsp3) is 0.125. The van der Waals surface area contributed by atoms with Crippen LogP contribution in [-0.2, 0) is 4.79 Å². The third kappa shape index (κ3) is 2.66. The molecule has 6 heteroatoms. The highest BCUT2D eigenvalue weighted by Gasteiger charge is 2.41. The number of thiol groups is 1. The number of hydrogen-bond acceptors (Lipinski definition) is 3. The molecule has 1 aromatic rings. The van der Waals surface area contributed by atoms with Gasteiger partial charge in [-0.2, -0.15) is 13.2 Å². The average Bonchev–Trinajstić information content (AvgIpc) is 2.07. The normalized spacial score (nSPS) is 11.1. The van der Waals surface area contributed by atoms with Gasteiger partial charge in [0.1, 0.15) is 5.75 Å². The number of ether oxygens (including phenoxy) is 1. The van der Waals surface area contributed by atoms with Crippen LogP contribution in [0.1, 0.15) is 0 Å². The molecule has 0 aliphatic carbocycles. The lowest BCUT2D eigenvalue weighted by Gasteiger charge is -2.07. The second kappa shape index (κ2) is 3.91. The minimum Gasteiger partial charge on any atom is -0.419 e. The first-order chi connectivity index (χ1) is 6.41. The van der Waals surface area contributed by atoms with E-state index in [1.165, 1.54) is 18.2 Å². The number of benzene rings is 1. The molecule has 0 saturated carbocycles. The van der Waals surface area contributed by atoms with Gasteiger partial charge in [0.15, 0.2) is 0 Å². The number of rotatable bonds is 1. The maximum absolute atomic E-state index is 11.8. The molecule has 2 nitrogen and oxygen atoms in total. The first-order valence-corrected chi connectivity index (χ1v) is 3.93. The van der Waals surface area contributed by atoms with Crippen molar-refractivity contribution in [1.82, 2.24) is 0 Å². The summed E-state index contributed by atoms with van der Waals surface area (Å²) in [6.07, 6.45) is -4.99. The fourth-order valence-electron chi connectivity index (χ4n) is 0.701. The largest absolute Gasteiger partial charge is 0.491 e. The maximum atomic E-state index is 11.8. The summed E-state index contributed by atoms with van der Waals surface area (Å²) in [5.74, 6) is -2.46. The molecule has 0 aliphatic heterocycles. The summed E-state index contributed by atoms with van der Waals surface area (Å²) in [7, 11) is 0. The van der Waals surface area contributed by atoms with Crippen molar-refractivity contribution in [1.29, 1.82) is 0 Å². The molecular formula is C8H5F3O2S. The van der Waals surface area contributed by atoms with Crippen molar-refractivity contribution in [3.8, 4) is 5.75 Å². The van der Waals surface area contributed by atoms with Crippen LogP contribution >= 0.6 is 12.6 Å². The third-order valence-corrected chi connectivity index (χ3v) is 1.67. The number of esters is 1. The van der Waals surface area contributed by atoms with Crippen molar-refractivity contribution in [3.05, 3.63) is 24.3 Å². The molecule has 0 fully saturated rings. The molecule has 14 heavy (non-hydrogen) atoms. The Morgan fingerprint density at radius 3 is 2.36 bits per heavy atom. The predicted molar refractivity (Wildman–Crippen MR) is 45.4 cm³/mol. The van der Waals surface area contributed by atoms with E-state index in [-0.39, 0.29) is 10.6 Å². The molecule has 0 amide bonds. The summed E-state index contributed by atoms with van der Waals surface area (Å²) in [4.78, 5) is 10.6. The van der Waals surface area contributed by atoms with Crippen LogP contribution in [0.5, 0.6) is 5.75 Å². The zero-order valence-electron chi connectivity index (χ0n) is 6.71. The molecular weight excluding hydrogens is 217 g/mol. The number of halogens is 3. The summed E-state index contributed by atoms with van der Waals surface area (Å²) in [5, 5.41) is 0. The van der Waals surface area contributed by atoms with Crippen molar-refractivity contribution in [2.75, 3.05) is 0 Å². The van der Waals surface area contributed by atoms with Crippen LogP contribution in [0, 0.1) is 0 Å². The van der Waals surface area contributed by atoms with E-state index in [9.17, 15) is 18.0 Å². The molecule has 0 aromatic heterocycles. The molecule has 0 N–H and O–H groups in total. The molecule has 0 unspecified atom stereocenters. The van der Waals surface area contributed by atoms with E-state index in [1.807, 2.05) is 0 Å². The molecule has 0 bridgehead atoms. The van der Waals surface area contributed by atoms with E-state index in [0.29, 0.717) is 0 Å². The second-order valence-corrected chi connectivity index (χ2v) is 2.84. The van der Waals surface area contributed by atoms with Gasteiger partial charge in [0, 0.05) is 4.90 Å². The maximum Gasteiger partial charge on any atom is 0.491 e. The number of carbonyl (C=O) groups is 1. The van der Waals surface area contributed by atoms with Gasteiger partial charge >= 0.3 is 12.1 Å². The van der Waals surface area contributed by atoms with Gasteiger partial charge in [-0.25, -0.2) is 4.79 Å². The predicted octanol–water partition coefficient (Wildman–Crippen LogP) is 2.44. The van der Waals surface area contributed by atoms with Crippen LogP contribution in [0.3, 0.4) is 0 Å². The number of hydrogen-bond donors (Lipinski definition) is 1. The van der Waals surface area contributed by atoms with Crippen LogP contribution in [0.2, 0.25) is 0 Å². The lowest BCUT2D eigenvalue weighted by Crippen LogP contribution is -2.28. The molecule has 0 saturated heterocycles. The van der Waals surface area contributed by atoms with Crippen molar-refractivity contribution in [2.24, 2.45) is 0 Å². The quantitative estimate of drug-likeness (QED) is 0.448. The standard InChI is InChI=1S/C8H5F3O2S/c9-8(10,11)7(12)13-5-3-1-2-4-6(5)14/h1-4,14H. The van der Waals surface area contributed by atoms with Crippen LogP contribution in [-0.4, -0.2) is 12.1 Å². The third-order valence-electron chi connectivity index (χ3n) is 1.30. The molecule has 1 aromatic carbocycles. The fourth-order valence-corrected chi connectivity index (χ4v) is 0.907. The monoisotopic (exact) mass is 222 g/mol. The Balaban J connectivity index is 2.80. The highest BCUT2D eigenvalue weighted by atomic mass is 32.1. The van der Waals surface area contributed by atoms with Crippen LogP contribution < -0.4 is 4.74 Å². The summed E-state index contributed by atoms with van der Waals surface area (Å²) < 4.78 is 39.4. The van der Waals surface area contributed by atoms with E-state index >= 15 is 0 Å². The Morgan fingerprint density at radius 2 is 1.86 bits per heavy atom. The first-order valence-electron chi connectivity index (χ1n) is 3.48. The molecule has 1 rings (SSSR count). The van der Waals surface area contributed by atoms with E-state index in [2.05, 4.69) is 17.4 Å². The van der Waals surface area contributed by atoms with E-state index in [1.54, 1.807) is 6.07 Å². The minimum atomic E-state index is -4.99. The molecule has 0 aliphatic rings. The Kier molecular flexibility index (Phi) is 3.05. The smallest absolute Gasteiger partial charge is 0.419 e. The van der Waals surface area contributed by atoms with Gasteiger partial charge in [-0.3, -0.25) is 0 Å². The number of carbonyl (C=O) groups excluding carboxylic acids is 1. The van der Waals surface area contributed by atoms with Crippen molar-refractivity contribution < 1.29 is 22.7 Å². The molecule has 0 radical (unpaired) electrons. The topological polar surface area (TPSA) is 26.3 Å². The van der Waals surface area contributed by atoms with Crippen LogP contribution in [0.25, 0.3) is 0 Å². The summed E-state index contributed by atoms with van der Waals surface area (Å²) in [6.45, 7) is 0. The Bertz CT molecular complexity index is 349. The Morgan fingerprint density at radius 1 is 1.29 bits per heavy atom. The molecule has 0 spiro atoms. The van der Waals surface area contributed by atoms with E-state index in [4.69, 9.17) is 0 Å². The number of para-hydroxylation sites is 1. The van der Waals surface area contributed by atoms with Crippen LogP contribution in [0.15, 0.2) is 29.2 Å². The van der Waals surface area contributed by atoms with Gasteiger partial charge in [-0.15, -0.1) is 12.6 Å². The second-order valence-electron chi connectivity index (χ2n) is 2.36. The highest BCUT2D eigenvalue weighted by Crippen LogP contribution is 2.25. The van der Waals surface area contributed by atoms with Crippen LogP contribution in [0.4, 0.5) is 13.2 Å². The van der Waals surface area contributed by atoms with Gasteiger partial charge in [0.2, 0.25) is 0 Å². The molecule has 0 heterocycles. The van der Waals surface area contributed by atoms with Gasteiger partial charge in [0.05, 0.1) is 0 Å². The first kappa shape index (κ1) is 10.9. The summed E-state index contributed by atoms with van der Waals surface area (Å²) in [6, 6.07) is 5.65. The van der Waals surface area contributed by atoms with Crippen molar-refractivity contribution in [3.63, 3.8) is 0 Å². The Hall–Kier alpha value is -1.17. The van der Waals surface area contributed by atoms with E-state index < -0.39 is 12.1 Å². The Labute approximate surface area is 83.1 Å². The lowest BCUT2D eigenvalue weighted by atomic mass is 10.3. The van der Waals surface area contributed by atoms with Gasteiger partial charge in [-0.1, -0.05) is 12.1 Å². The average molecular weight is 222 g/mol. The van der Waals surface area contributed by atoms with Gasteiger partial charge in [0.25, 0.3) is 0 Å². The minimum absolute atomic E-state index is 0.171. The highest BCUT2D eigenvalue weighted by molar-refractivity contribution is 7.80. The summed E-state index contributed by atoms with van der Waals surface area (Å²) >= 11 is 3.82. The summed E-state index contributed by atoms with van der Waals surface area (Å²) in [5.41, 5.74) is 0. The van der Waals surface area contributed by atoms with E-state index in [0.717, 1.165) is 0 Å². The SMILES string of the molecule is O=C(Oc1ccccc1S)C(F)(F)F. The zero-order valence-corrected chi connectivity index (χ0v) is 7.60. The van der Waals surface area contributed by atoms with Gasteiger partial charge < -0.3 is 4.74 Å². The zero-order chi connectivity index (χ0) is 10.8. The molecule has 0 atom stereocenters. The lowest BCUT2D eigenvalue weighted by molar-refractivity contribution is -0.189. The van der Waals surface area contributed by atoms with Crippen molar-refractivity contribution in [2.45, 2.75) is 11.1 Å². The number of alkyl halides is 3.